The van der Waals surface area contributed by atoms with Gasteiger partial charge < -0.3 is 9.88 Å². The Hall–Kier alpha value is -3.78. The van der Waals surface area contributed by atoms with Crippen molar-refractivity contribution in [1.29, 1.82) is 0 Å². The molecule has 5 aromatic rings. The fraction of sp³-hybridized carbons (Fsp3) is 0.240. The van der Waals surface area contributed by atoms with E-state index in [4.69, 9.17) is 10.1 Å². The van der Waals surface area contributed by atoms with Gasteiger partial charge in [-0.15, -0.1) is 5.10 Å². The molecular weight excluding hydrogens is 417 g/mol. The molecule has 0 unspecified atom stereocenters. The van der Waals surface area contributed by atoms with Crippen LogP contribution in [0.3, 0.4) is 0 Å². The lowest BCUT2D eigenvalue weighted by Crippen LogP contribution is -2.45. The molecule has 0 spiro atoms. The highest BCUT2D eigenvalue weighted by molar-refractivity contribution is 5.96. The van der Waals surface area contributed by atoms with E-state index in [9.17, 15) is 4.39 Å². The molecule has 4 aromatic heterocycles. The SMILES string of the molecule is CN1C[C@@H]2C[C@@H]1CN2c1ccc2nc(-c3ccc(F)cc3)c(-c3ccnc4[nH]ccc34)n2n1. The van der Waals surface area contributed by atoms with Crippen LogP contribution in [0, 0.1) is 5.82 Å². The number of aromatic amines is 1. The summed E-state index contributed by atoms with van der Waals surface area (Å²) in [5.74, 6) is 0.697. The molecule has 7 rings (SSSR count). The third-order valence-electron chi connectivity index (χ3n) is 7.11. The Bertz CT molecular complexity index is 1500. The van der Waals surface area contributed by atoms with Crippen LogP contribution in [0.4, 0.5) is 10.2 Å². The van der Waals surface area contributed by atoms with Crippen molar-refractivity contribution in [2.45, 2.75) is 18.5 Å². The molecule has 2 aliphatic rings. The number of likely N-dealkylation sites (N-methyl/N-ethyl adjacent to an activating group) is 1. The maximum atomic E-state index is 13.7. The molecule has 33 heavy (non-hydrogen) atoms. The van der Waals surface area contributed by atoms with Crippen molar-refractivity contribution in [3.8, 4) is 22.5 Å². The molecule has 1 aromatic carbocycles. The predicted octanol–water partition coefficient (Wildman–Crippen LogP) is 3.97. The van der Waals surface area contributed by atoms with Crippen LogP contribution >= 0.6 is 0 Å². The van der Waals surface area contributed by atoms with Crippen LogP contribution in [0.5, 0.6) is 0 Å². The lowest BCUT2D eigenvalue weighted by Gasteiger charge is -2.32. The van der Waals surface area contributed by atoms with E-state index in [1.54, 1.807) is 18.3 Å². The van der Waals surface area contributed by atoms with Crippen molar-refractivity contribution in [2.75, 3.05) is 25.0 Å². The largest absolute Gasteiger partial charge is 0.349 e. The summed E-state index contributed by atoms with van der Waals surface area (Å²) in [6.45, 7) is 2.06. The molecule has 0 saturated carbocycles. The second-order valence-corrected chi connectivity index (χ2v) is 9.01. The van der Waals surface area contributed by atoms with Crippen LogP contribution in [-0.2, 0) is 0 Å². The smallest absolute Gasteiger partial charge is 0.155 e. The Morgan fingerprint density at radius 1 is 1.00 bits per heavy atom. The van der Waals surface area contributed by atoms with E-state index in [1.165, 1.54) is 18.6 Å². The maximum absolute atomic E-state index is 13.7. The molecule has 0 radical (unpaired) electrons. The number of hydrogen-bond donors (Lipinski definition) is 1. The number of fused-ring (bicyclic) bond motifs is 4. The van der Waals surface area contributed by atoms with Crippen molar-refractivity contribution in [3.05, 3.63) is 66.7 Å². The Labute approximate surface area is 189 Å². The van der Waals surface area contributed by atoms with Crippen molar-refractivity contribution >= 4 is 22.5 Å². The van der Waals surface area contributed by atoms with E-state index < -0.39 is 0 Å². The normalized spacial score (nSPS) is 20.5. The molecule has 8 heteroatoms. The zero-order chi connectivity index (χ0) is 22.1. The van der Waals surface area contributed by atoms with Crippen LogP contribution in [0.2, 0.25) is 0 Å². The van der Waals surface area contributed by atoms with Gasteiger partial charge in [-0.1, -0.05) is 0 Å². The quantitative estimate of drug-likeness (QED) is 0.461. The first-order valence-corrected chi connectivity index (χ1v) is 11.2. The van der Waals surface area contributed by atoms with Gasteiger partial charge in [-0.2, -0.15) is 0 Å². The second kappa shape index (κ2) is 6.86. The van der Waals surface area contributed by atoms with Gasteiger partial charge in [0.1, 0.15) is 23.0 Å². The van der Waals surface area contributed by atoms with Gasteiger partial charge in [0.25, 0.3) is 0 Å². The van der Waals surface area contributed by atoms with E-state index in [0.29, 0.717) is 12.1 Å². The van der Waals surface area contributed by atoms with Crippen LogP contribution < -0.4 is 4.90 Å². The van der Waals surface area contributed by atoms with Gasteiger partial charge in [0, 0.05) is 54.1 Å². The molecule has 1 N–H and O–H groups in total. The first-order valence-electron chi connectivity index (χ1n) is 11.2. The van der Waals surface area contributed by atoms with Gasteiger partial charge in [-0.05, 0) is 62.0 Å². The third-order valence-corrected chi connectivity index (χ3v) is 7.11. The number of benzene rings is 1. The number of rotatable bonds is 3. The van der Waals surface area contributed by atoms with E-state index in [-0.39, 0.29) is 5.82 Å². The van der Waals surface area contributed by atoms with Crippen LogP contribution in [0.1, 0.15) is 6.42 Å². The fourth-order valence-electron chi connectivity index (χ4n) is 5.44. The second-order valence-electron chi connectivity index (χ2n) is 9.01. The first-order chi connectivity index (χ1) is 16.2. The first kappa shape index (κ1) is 18.8. The van der Waals surface area contributed by atoms with Crippen LogP contribution in [0.25, 0.3) is 39.2 Å². The lowest BCUT2D eigenvalue weighted by molar-refractivity contribution is 0.292. The minimum atomic E-state index is -0.268. The molecule has 0 aliphatic carbocycles. The number of piperazine rings is 1. The summed E-state index contributed by atoms with van der Waals surface area (Å²) in [4.78, 5) is 17.4. The third kappa shape index (κ3) is 2.80. The summed E-state index contributed by atoms with van der Waals surface area (Å²) >= 11 is 0. The molecule has 2 bridgehead atoms. The van der Waals surface area contributed by atoms with E-state index in [1.807, 2.05) is 28.9 Å². The fourth-order valence-corrected chi connectivity index (χ4v) is 5.44. The summed E-state index contributed by atoms with van der Waals surface area (Å²) in [6.07, 6.45) is 4.86. The number of hydrogen-bond acceptors (Lipinski definition) is 5. The molecule has 0 amide bonds. The standard InChI is InChI=1S/C25H22FN7/c1-31-13-18-12-17(31)14-32(18)22-7-6-21-29-23(15-2-4-16(26)5-3-15)24(33(21)30-22)19-8-10-27-25-20(19)9-11-28-25/h2-11,17-18H,12-14H2,1H3,(H,27,28)/t17-,18+/m1/s1. The highest BCUT2D eigenvalue weighted by atomic mass is 19.1. The number of nitrogens with one attached hydrogen (secondary N) is 1. The average molecular weight is 439 g/mol. The summed E-state index contributed by atoms with van der Waals surface area (Å²) in [7, 11) is 2.20. The monoisotopic (exact) mass is 439 g/mol. The number of nitrogens with zero attached hydrogens (tertiary/aromatic N) is 6. The number of imidazole rings is 1. The summed E-state index contributed by atoms with van der Waals surface area (Å²) < 4.78 is 15.6. The molecule has 2 fully saturated rings. The number of likely N-dealkylation sites (tertiary alicyclic amines) is 1. The Morgan fingerprint density at radius 3 is 2.67 bits per heavy atom. The van der Waals surface area contributed by atoms with Gasteiger partial charge >= 0.3 is 0 Å². The van der Waals surface area contributed by atoms with Crippen molar-refractivity contribution < 1.29 is 4.39 Å². The number of H-pyrrole nitrogens is 1. The van der Waals surface area contributed by atoms with Crippen molar-refractivity contribution in [2.24, 2.45) is 0 Å². The van der Waals surface area contributed by atoms with Crippen LogP contribution in [0.15, 0.2) is 60.9 Å². The molecule has 2 aliphatic heterocycles. The van der Waals surface area contributed by atoms with E-state index in [0.717, 1.165) is 58.1 Å². The summed E-state index contributed by atoms with van der Waals surface area (Å²) in [6, 6.07) is 15.7. The van der Waals surface area contributed by atoms with E-state index >= 15 is 0 Å². The minimum absolute atomic E-state index is 0.268. The summed E-state index contributed by atoms with van der Waals surface area (Å²) in [5, 5.41) is 6.09. The number of pyridine rings is 1. The Balaban J connectivity index is 1.46. The molecule has 2 atom stereocenters. The van der Waals surface area contributed by atoms with Gasteiger partial charge in [-0.3, -0.25) is 4.90 Å². The Morgan fingerprint density at radius 2 is 1.88 bits per heavy atom. The number of aromatic nitrogens is 5. The van der Waals surface area contributed by atoms with Crippen molar-refractivity contribution in [3.63, 3.8) is 0 Å². The zero-order valence-electron chi connectivity index (χ0n) is 18.1. The molecule has 6 heterocycles. The highest BCUT2D eigenvalue weighted by Crippen LogP contribution is 2.37. The molecule has 7 nitrogen and oxygen atoms in total. The van der Waals surface area contributed by atoms with Gasteiger partial charge in [0.05, 0.1) is 5.69 Å². The van der Waals surface area contributed by atoms with E-state index in [2.05, 4.69) is 32.9 Å². The Kier molecular flexibility index (Phi) is 3.90. The molecular formula is C25H22FN7. The zero-order valence-corrected chi connectivity index (χ0v) is 18.1. The minimum Gasteiger partial charge on any atom is -0.349 e. The van der Waals surface area contributed by atoms with Crippen molar-refractivity contribution in [1.82, 2.24) is 29.5 Å². The maximum Gasteiger partial charge on any atom is 0.155 e. The highest BCUT2D eigenvalue weighted by Gasteiger charge is 2.42. The summed E-state index contributed by atoms with van der Waals surface area (Å²) in [5.41, 5.74) is 5.06. The number of halogens is 1. The lowest BCUT2D eigenvalue weighted by atomic mass is 10.0. The number of anilines is 1. The topological polar surface area (TPSA) is 65.4 Å². The predicted molar refractivity (Wildman–Crippen MR) is 126 cm³/mol. The van der Waals surface area contributed by atoms with Crippen LogP contribution in [-0.4, -0.2) is 61.7 Å². The van der Waals surface area contributed by atoms with Gasteiger partial charge in [0.15, 0.2) is 5.65 Å². The van der Waals surface area contributed by atoms with Gasteiger partial charge in [0.2, 0.25) is 0 Å². The van der Waals surface area contributed by atoms with Gasteiger partial charge in [-0.25, -0.2) is 18.9 Å². The molecule has 164 valence electrons. The molecule has 2 saturated heterocycles. The average Bonchev–Trinajstić information content (AvgIpc) is 3.60.